The first-order valence-electron chi connectivity index (χ1n) is 6.16. The minimum absolute atomic E-state index is 0.129. The Kier molecular flexibility index (Phi) is 4.23. The number of aliphatic imine (C=N–C) groups is 1. The van der Waals surface area contributed by atoms with Crippen LogP contribution in [0, 0.1) is 0 Å². The van der Waals surface area contributed by atoms with Gasteiger partial charge in [-0.05, 0) is 12.1 Å². The summed E-state index contributed by atoms with van der Waals surface area (Å²) in [4.78, 5) is 19.4. The molecule has 0 atom stereocenters. The molecule has 0 aliphatic carbocycles. The SMILES string of the molecule is CC(C)c1nc(-c2ccc(C(=O)N=C(N)N)c(Cl)c2)no1. The third kappa shape index (κ3) is 3.38. The van der Waals surface area contributed by atoms with Crippen molar-refractivity contribution < 1.29 is 9.32 Å². The zero-order chi connectivity index (χ0) is 15.6. The van der Waals surface area contributed by atoms with Crippen molar-refractivity contribution in [2.45, 2.75) is 19.8 Å². The van der Waals surface area contributed by atoms with Gasteiger partial charge in [0.25, 0.3) is 5.91 Å². The van der Waals surface area contributed by atoms with Crippen LogP contribution < -0.4 is 11.5 Å². The van der Waals surface area contributed by atoms with Crippen molar-refractivity contribution in [3.8, 4) is 11.4 Å². The number of hydrogen-bond acceptors (Lipinski definition) is 4. The van der Waals surface area contributed by atoms with E-state index in [-0.39, 0.29) is 22.5 Å². The van der Waals surface area contributed by atoms with E-state index >= 15 is 0 Å². The number of hydrogen-bond donors (Lipinski definition) is 2. The maximum atomic E-state index is 11.7. The first kappa shape index (κ1) is 15.0. The van der Waals surface area contributed by atoms with Crippen molar-refractivity contribution in [3.05, 3.63) is 34.7 Å². The molecule has 1 aromatic carbocycles. The van der Waals surface area contributed by atoms with Gasteiger partial charge in [0.15, 0.2) is 5.96 Å². The van der Waals surface area contributed by atoms with E-state index in [1.165, 1.54) is 6.07 Å². The van der Waals surface area contributed by atoms with Crippen LogP contribution in [0.5, 0.6) is 0 Å². The van der Waals surface area contributed by atoms with E-state index in [0.717, 1.165) is 0 Å². The summed E-state index contributed by atoms with van der Waals surface area (Å²) >= 11 is 6.07. The maximum absolute atomic E-state index is 11.7. The zero-order valence-corrected chi connectivity index (χ0v) is 12.3. The highest BCUT2D eigenvalue weighted by atomic mass is 35.5. The number of carbonyl (C=O) groups excluding carboxylic acids is 1. The number of carbonyl (C=O) groups is 1. The lowest BCUT2D eigenvalue weighted by molar-refractivity contribution is 0.100. The second-order valence-corrected chi connectivity index (χ2v) is 5.05. The van der Waals surface area contributed by atoms with Crippen molar-refractivity contribution in [1.29, 1.82) is 0 Å². The lowest BCUT2D eigenvalue weighted by Gasteiger charge is -2.02. The normalized spacial score (nSPS) is 10.7. The quantitative estimate of drug-likeness (QED) is 0.660. The van der Waals surface area contributed by atoms with Gasteiger partial charge in [0.05, 0.1) is 10.6 Å². The number of rotatable bonds is 3. The lowest BCUT2D eigenvalue weighted by atomic mass is 10.1. The predicted molar refractivity (Wildman–Crippen MR) is 79.0 cm³/mol. The molecule has 0 saturated heterocycles. The topological polar surface area (TPSA) is 120 Å². The van der Waals surface area contributed by atoms with Crippen molar-refractivity contribution >= 4 is 23.5 Å². The van der Waals surface area contributed by atoms with Gasteiger partial charge < -0.3 is 16.0 Å². The van der Waals surface area contributed by atoms with Crippen molar-refractivity contribution in [2.24, 2.45) is 16.5 Å². The van der Waals surface area contributed by atoms with Gasteiger partial charge in [-0.1, -0.05) is 36.7 Å². The predicted octanol–water partition coefficient (Wildman–Crippen LogP) is 1.93. The Labute approximate surface area is 126 Å². The number of benzene rings is 1. The summed E-state index contributed by atoms with van der Waals surface area (Å²) in [5, 5.41) is 4.08. The van der Waals surface area contributed by atoms with E-state index in [1.54, 1.807) is 12.1 Å². The smallest absolute Gasteiger partial charge is 0.281 e. The molecule has 7 nitrogen and oxygen atoms in total. The Bertz CT molecular complexity index is 704. The average Bonchev–Trinajstić information content (AvgIpc) is 2.87. The standard InChI is InChI=1S/C13H14ClN5O2/c1-6(2)12-17-10(19-21-12)7-3-4-8(9(14)5-7)11(20)18-13(15)16/h3-6H,1-2H3,(H4,15,16,18,20). The van der Waals surface area contributed by atoms with E-state index in [1.807, 2.05) is 13.8 Å². The van der Waals surface area contributed by atoms with Crippen LogP contribution in [0.2, 0.25) is 5.02 Å². The first-order valence-corrected chi connectivity index (χ1v) is 6.53. The number of aromatic nitrogens is 2. The van der Waals surface area contributed by atoms with Crippen molar-refractivity contribution in [2.75, 3.05) is 0 Å². The maximum Gasteiger partial charge on any atom is 0.281 e. The number of halogens is 1. The van der Waals surface area contributed by atoms with Gasteiger partial charge >= 0.3 is 0 Å². The van der Waals surface area contributed by atoms with Crippen LogP contribution in [-0.2, 0) is 0 Å². The second kappa shape index (κ2) is 5.92. The van der Waals surface area contributed by atoms with Crippen LogP contribution in [0.1, 0.15) is 36.0 Å². The highest BCUT2D eigenvalue weighted by Gasteiger charge is 2.15. The van der Waals surface area contributed by atoms with E-state index in [4.69, 9.17) is 27.6 Å². The molecule has 2 rings (SSSR count). The largest absolute Gasteiger partial charge is 0.370 e. The molecule has 2 aromatic rings. The zero-order valence-electron chi connectivity index (χ0n) is 11.5. The van der Waals surface area contributed by atoms with Crippen LogP contribution in [0.3, 0.4) is 0 Å². The summed E-state index contributed by atoms with van der Waals surface area (Å²) in [6.07, 6.45) is 0. The number of guanidine groups is 1. The monoisotopic (exact) mass is 307 g/mol. The Morgan fingerprint density at radius 2 is 2.10 bits per heavy atom. The Morgan fingerprint density at radius 1 is 1.38 bits per heavy atom. The first-order chi connectivity index (χ1) is 9.88. The summed E-state index contributed by atoms with van der Waals surface area (Å²) < 4.78 is 5.12. The summed E-state index contributed by atoms with van der Waals surface area (Å²) in [5.41, 5.74) is 11.2. The summed E-state index contributed by atoms with van der Waals surface area (Å²) in [6.45, 7) is 3.89. The van der Waals surface area contributed by atoms with Gasteiger partial charge in [-0.3, -0.25) is 4.79 Å². The van der Waals surface area contributed by atoms with Gasteiger partial charge in [0.1, 0.15) is 0 Å². The van der Waals surface area contributed by atoms with Gasteiger partial charge in [-0.25, -0.2) is 0 Å². The van der Waals surface area contributed by atoms with Crippen LogP contribution in [0.4, 0.5) is 0 Å². The Balaban J connectivity index is 2.34. The molecule has 1 heterocycles. The molecule has 0 saturated carbocycles. The average molecular weight is 308 g/mol. The molecule has 0 bridgehead atoms. The Hall–Kier alpha value is -2.41. The van der Waals surface area contributed by atoms with Crippen molar-refractivity contribution in [3.63, 3.8) is 0 Å². The number of nitrogens with zero attached hydrogens (tertiary/aromatic N) is 3. The summed E-state index contributed by atoms with van der Waals surface area (Å²) in [5.74, 6) is 0.134. The van der Waals surface area contributed by atoms with E-state index in [2.05, 4.69) is 15.1 Å². The molecule has 0 aliphatic rings. The fraction of sp³-hybridized carbons (Fsp3) is 0.231. The third-order valence-electron chi connectivity index (χ3n) is 2.62. The van der Waals surface area contributed by atoms with E-state index in [0.29, 0.717) is 17.3 Å². The molecule has 0 spiro atoms. The van der Waals surface area contributed by atoms with Crippen LogP contribution >= 0.6 is 11.6 Å². The van der Waals surface area contributed by atoms with Crippen LogP contribution in [0.25, 0.3) is 11.4 Å². The van der Waals surface area contributed by atoms with E-state index < -0.39 is 5.91 Å². The molecule has 8 heteroatoms. The molecule has 0 fully saturated rings. The summed E-state index contributed by atoms with van der Waals surface area (Å²) in [7, 11) is 0. The molecule has 110 valence electrons. The number of nitrogens with two attached hydrogens (primary N) is 2. The fourth-order valence-electron chi connectivity index (χ4n) is 1.59. The van der Waals surface area contributed by atoms with E-state index in [9.17, 15) is 4.79 Å². The summed E-state index contributed by atoms with van der Waals surface area (Å²) in [6, 6.07) is 4.72. The highest BCUT2D eigenvalue weighted by molar-refractivity contribution is 6.34. The molecule has 1 amide bonds. The Morgan fingerprint density at radius 3 is 2.62 bits per heavy atom. The number of amides is 1. The van der Waals surface area contributed by atoms with Gasteiger partial charge in [-0.15, -0.1) is 0 Å². The molecule has 0 unspecified atom stereocenters. The van der Waals surface area contributed by atoms with Crippen molar-refractivity contribution in [1.82, 2.24) is 10.1 Å². The minimum Gasteiger partial charge on any atom is -0.370 e. The highest BCUT2D eigenvalue weighted by Crippen LogP contribution is 2.25. The molecular weight excluding hydrogens is 294 g/mol. The molecule has 4 N–H and O–H groups in total. The van der Waals surface area contributed by atoms with Gasteiger partial charge in [0, 0.05) is 11.5 Å². The molecule has 21 heavy (non-hydrogen) atoms. The minimum atomic E-state index is -0.609. The molecule has 0 aliphatic heterocycles. The van der Waals surface area contributed by atoms with Crippen LogP contribution in [0.15, 0.2) is 27.7 Å². The molecule has 1 aromatic heterocycles. The molecule has 0 radical (unpaired) electrons. The molecular formula is C13H14ClN5O2. The second-order valence-electron chi connectivity index (χ2n) is 4.65. The lowest BCUT2D eigenvalue weighted by Crippen LogP contribution is -2.24. The van der Waals surface area contributed by atoms with Gasteiger partial charge in [-0.2, -0.15) is 9.98 Å². The third-order valence-corrected chi connectivity index (χ3v) is 2.94. The van der Waals surface area contributed by atoms with Crippen LogP contribution in [-0.4, -0.2) is 22.0 Å². The fourth-order valence-corrected chi connectivity index (χ4v) is 1.85. The van der Waals surface area contributed by atoms with Gasteiger partial charge in [0.2, 0.25) is 11.7 Å².